The van der Waals surface area contributed by atoms with Crippen LogP contribution in [0.15, 0.2) is 0 Å². The van der Waals surface area contributed by atoms with Crippen molar-refractivity contribution in [1.82, 2.24) is 0 Å². The molecule has 0 saturated heterocycles. The molecule has 0 spiro atoms. The van der Waals surface area contributed by atoms with Gasteiger partial charge in [-0.15, -0.1) is 0 Å². The van der Waals surface area contributed by atoms with Gasteiger partial charge < -0.3 is 10.6 Å². The van der Waals surface area contributed by atoms with Gasteiger partial charge in [0.2, 0.25) is 0 Å². The van der Waals surface area contributed by atoms with Crippen LogP contribution in [0.25, 0.3) is 10.6 Å². The van der Waals surface area contributed by atoms with E-state index < -0.39 is 0 Å². The molecular weight excluding hydrogens is 114 g/mol. The molecule has 0 N–H and O–H groups in total. The van der Waals surface area contributed by atoms with E-state index in [1.165, 1.54) is 0 Å². The van der Waals surface area contributed by atoms with Crippen LogP contribution >= 0.6 is 0 Å². The van der Waals surface area contributed by atoms with E-state index in [9.17, 15) is 0 Å². The van der Waals surface area contributed by atoms with Gasteiger partial charge in [-0.25, -0.2) is 0 Å². The zero-order valence-corrected chi connectivity index (χ0v) is 8.05. The van der Waals surface area contributed by atoms with Crippen LogP contribution in [0.1, 0.15) is 13.8 Å². The first-order valence-electron chi connectivity index (χ1n) is 2.90. The molecule has 0 amide bonds. The number of rotatable bonds is 3. The fourth-order valence-corrected chi connectivity index (χ4v) is 0.431. The van der Waals surface area contributed by atoms with E-state index in [0.29, 0.717) is 12.1 Å². The first-order valence-corrected chi connectivity index (χ1v) is 2.90. The third-order valence-electron chi connectivity index (χ3n) is 1.51. The first kappa shape index (κ1) is 17.3. The average Bonchev–Trinajstić information content (AvgIpc) is 1.84. The van der Waals surface area contributed by atoms with Crippen molar-refractivity contribution in [2.45, 2.75) is 25.9 Å². The molecule has 0 aromatic carbocycles. The standard InChI is InChI=1S/C6H14N2.2Li/c1-5(7-3)6(2)8-4;;/h5-6H,1-4H3;;/q-2;2*+1/t5-,6-;;/m0../s1. The Morgan fingerprint density at radius 3 is 1.10 bits per heavy atom. The van der Waals surface area contributed by atoms with Gasteiger partial charge in [-0.05, 0) is 0 Å². The summed E-state index contributed by atoms with van der Waals surface area (Å²) in [5.41, 5.74) is 0. The molecule has 0 aromatic heterocycles. The Hall–Kier alpha value is 1.11. The second-order valence-corrected chi connectivity index (χ2v) is 2.00. The van der Waals surface area contributed by atoms with Crippen LogP contribution in [0.3, 0.4) is 0 Å². The molecule has 2 nitrogen and oxygen atoms in total. The van der Waals surface area contributed by atoms with E-state index in [0.717, 1.165) is 0 Å². The Balaban J connectivity index is -0.000000245. The molecule has 0 unspecified atom stereocenters. The predicted octanol–water partition coefficient (Wildman–Crippen LogP) is -4.22. The zero-order valence-electron chi connectivity index (χ0n) is 8.05. The van der Waals surface area contributed by atoms with Crippen LogP contribution in [0.5, 0.6) is 0 Å². The first-order chi connectivity index (χ1) is 3.72. The molecule has 0 fully saturated rings. The molecule has 0 aliphatic rings. The van der Waals surface area contributed by atoms with E-state index >= 15 is 0 Å². The maximum absolute atomic E-state index is 4.07. The molecule has 0 radical (unpaired) electrons. The molecule has 0 aromatic rings. The largest absolute Gasteiger partial charge is 1.00 e. The van der Waals surface area contributed by atoms with E-state index in [-0.39, 0.29) is 37.7 Å². The summed E-state index contributed by atoms with van der Waals surface area (Å²) in [6.07, 6.45) is 0. The molecule has 0 aliphatic heterocycles. The topological polar surface area (TPSA) is 28.2 Å². The third-order valence-corrected chi connectivity index (χ3v) is 1.51. The molecule has 0 bridgehead atoms. The zero-order chi connectivity index (χ0) is 6.57. The van der Waals surface area contributed by atoms with Crippen molar-refractivity contribution in [2.24, 2.45) is 0 Å². The van der Waals surface area contributed by atoms with Gasteiger partial charge in [0.15, 0.2) is 0 Å². The van der Waals surface area contributed by atoms with Gasteiger partial charge in [0.05, 0.1) is 0 Å². The van der Waals surface area contributed by atoms with Gasteiger partial charge in [0.1, 0.15) is 0 Å². The average molecular weight is 128 g/mol. The Labute approximate surface area is 88.3 Å². The molecule has 2 atom stereocenters. The molecule has 0 saturated carbocycles. The van der Waals surface area contributed by atoms with Crippen molar-refractivity contribution < 1.29 is 37.7 Å². The van der Waals surface area contributed by atoms with Crippen molar-refractivity contribution >= 4 is 0 Å². The minimum atomic E-state index is 0. The van der Waals surface area contributed by atoms with Crippen LogP contribution in [-0.2, 0) is 0 Å². The summed E-state index contributed by atoms with van der Waals surface area (Å²) in [5, 5.41) is 8.13. The van der Waals surface area contributed by atoms with E-state index in [2.05, 4.69) is 24.5 Å². The second kappa shape index (κ2) is 10.1. The fraction of sp³-hybridized carbons (Fsp3) is 1.00. The van der Waals surface area contributed by atoms with Gasteiger partial charge in [0, 0.05) is 0 Å². The number of hydrogen-bond acceptors (Lipinski definition) is 0. The van der Waals surface area contributed by atoms with Crippen LogP contribution in [-0.4, -0.2) is 26.2 Å². The number of hydrogen-bond donors (Lipinski definition) is 0. The minimum Gasteiger partial charge on any atom is -0.664 e. The van der Waals surface area contributed by atoms with Crippen molar-refractivity contribution in [3.63, 3.8) is 0 Å². The third kappa shape index (κ3) is 7.22. The Morgan fingerprint density at radius 2 is 1.00 bits per heavy atom. The second-order valence-electron chi connectivity index (χ2n) is 2.00. The smallest absolute Gasteiger partial charge is 0.664 e. The minimum absolute atomic E-state index is 0. The molecular formula is C6H14Li2N2. The van der Waals surface area contributed by atoms with Crippen molar-refractivity contribution in [1.29, 1.82) is 0 Å². The van der Waals surface area contributed by atoms with Crippen molar-refractivity contribution in [3.05, 3.63) is 10.6 Å². The van der Waals surface area contributed by atoms with Crippen molar-refractivity contribution in [2.75, 3.05) is 14.1 Å². The summed E-state index contributed by atoms with van der Waals surface area (Å²) in [7, 11) is 3.65. The normalized spacial score (nSPS) is 14.4. The van der Waals surface area contributed by atoms with Gasteiger partial charge >= 0.3 is 37.7 Å². The summed E-state index contributed by atoms with van der Waals surface area (Å²) in [6, 6.07) is 0.750. The van der Waals surface area contributed by atoms with E-state index in [4.69, 9.17) is 0 Å². The Morgan fingerprint density at radius 1 is 0.800 bits per heavy atom. The Kier molecular flexibility index (Phi) is 17.5. The molecule has 0 rings (SSSR count). The van der Waals surface area contributed by atoms with Crippen LogP contribution < -0.4 is 37.7 Å². The summed E-state index contributed by atoms with van der Waals surface area (Å²) in [4.78, 5) is 0. The summed E-state index contributed by atoms with van der Waals surface area (Å²) < 4.78 is 0. The van der Waals surface area contributed by atoms with Gasteiger partial charge in [-0.1, -0.05) is 13.8 Å². The summed E-state index contributed by atoms with van der Waals surface area (Å²) in [6.45, 7) is 4.13. The maximum atomic E-state index is 4.07. The Bertz CT molecular complexity index is 53.7. The quantitative estimate of drug-likeness (QED) is 0.345. The molecule has 4 heteroatoms. The molecule has 0 aliphatic carbocycles. The fourth-order valence-electron chi connectivity index (χ4n) is 0.431. The SMILES string of the molecule is C[N-][C@@H](C)[C@H](C)[N-]C.[Li+].[Li+]. The number of likely N-dealkylation sites (N-methyl/N-ethyl adjacent to an activating group) is 2. The van der Waals surface area contributed by atoms with Crippen molar-refractivity contribution in [3.8, 4) is 0 Å². The van der Waals surface area contributed by atoms with E-state index in [1.54, 1.807) is 0 Å². The number of nitrogens with zero attached hydrogens (tertiary/aromatic N) is 2. The summed E-state index contributed by atoms with van der Waals surface area (Å²) >= 11 is 0. The maximum Gasteiger partial charge on any atom is 1.00 e. The summed E-state index contributed by atoms with van der Waals surface area (Å²) in [5.74, 6) is 0. The molecule has 10 heavy (non-hydrogen) atoms. The van der Waals surface area contributed by atoms with Gasteiger partial charge in [-0.2, -0.15) is 26.2 Å². The van der Waals surface area contributed by atoms with Crippen LogP contribution in [0.2, 0.25) is 0 Å². The van der Waals surface area contributed by atoms with Gasteiger partial charge in [-0.3, -0.25) is 0 Å². The van der Waals surface area contributed by atoms with Gasteiger partial charge in [0.25, 0.3) is 0 Å². The molecule has 0 heterocycles. The predicted molar refractivity (Wildman–Crippen MR) is 37.5 cm³/mol. The van der Waals surface area contributed by atoms with E-state index in [1.807, 2.05) is 14.1 Å². The molecule has 50 valence electrons. The van der Waals surface area contributed by atoms with Crippen LogP contribution in [0.4, 0.5) is 0 Å². The van der Waals surface area contributed by atoms with Crippen LogP contribution in [0, 0.1) is 0 Å². The monoisotopic (exact) mass is 128 g/mol.